The highest BCUT2D eigenvalue weighted by Gasteiger charge is 2.32. The molecule has 1 amide bonds. The van der Waals surface area contributed by atoms with Gasteiger partial charge < -0.3 is 9.47 Å². The topological polar surface area (TPSA) is 55.8 Å². The Kier molecular flexibility index (Phi) is 10.0. The minimum atomic E-state index is -0.661. The molecule has 0 radical (unpaired) electrons. The second kappa shape index (κ2) is 11.7. The van der Waals surface area contributed by atoms with Gasteiger partial charge in [-0.05, 0) is 31.2 Å². The molecule has 0 heterocycles. The van der Waals surface area contributed by atoms with E-state index in [1.54, 1.807) is 6.92 Å². The van der Waals surface area contributed by atoms with Crippen LogP contribution in [-0.4, -0.2) is 42.0 Å². The fourth-order valence-corrected chi connectivity index (χ4v) is 2.56. The Bertz CT molecular complexity index is 521. The molecule has 0 aliphatic carbocycles. The lowest BCUT2D eigenvalue weighted by molar-refractivity contribution is -0.149. The van der Waals surface area contributed by atoms with E-state index in [2.05, 4.69) is 0 Å². The number of carbonyl (C=O) groups excluding carboxylic acids is 2. The number of hydrogen-bond acceptors (Lipinski definition) is 4. The van der Waals surface area contributed by atoms with Crippen LogP contribution < -0.4 is 0 Å². The van der Waals surface area contributed by atoms with Crippen LogP contribution >= 0.6 is 11.6 Å². The number of nitrogens with zero attached hydrogens (tertiary/aromatic N) is 1. The number of benzene rings is 1. The highest BCUT2D eigenvalue weighted by molar-refractivity contribution is 6.17. The van der Waals surface area contributed by atoms with Gasteiger partial charge in [-0.1, -0.05) is 44.2 Å². The number of carbonyl (C=O) groups is 2. The number of ether oxygens (including phenoxy) is 2. The zero-order chi connectivity index (χ0) is 18.7. The summed E-state index contributed by atoms with van der Waals surface area (Å²) in [5, 5.41) is 0. The fraction of sp³-hybridized carbons (Fsp3) is 0.579. The highest BCUT2D eigenvalue weighted by Crippen LogP contribution is 2.16. The van der Waals surface area contributed by atoms with Gasteiger partial charge in [-0.3, -0.25) is 4.90 Å². The van der Waals surface area contributed by atoms with E-state index in [-0.39, 0.29) is 19.1 Å². The molecule has 0 bridgehead atoms. The Balaban J connectivity index is 2.85. The van der Waals surface area contributed by atoms with Crippen LogP contribution in [0.4, 0.5) is 4.79 Å². The molecule has 0 unspecified atom stereocenters. The Morgan fingerprint density at radius 3 is 2.40 bits per heavy atom. The normalized spacial score (nSPS) is 11.9. The molecule has 1 aromatic carbocycles. The molecule has 6 heteroatoms. The molecule has 1 aromatic rings. The number of halogens is 1. The summed E-state index contributed by atoms with van der Waals surface area (Å²) in [5.74, 6) is 0.233. The van der Waals surface area contributed by atoms with Crippen LogP contribution in [0.5, 0.6) is 0 Å². The zero-order valence-electron chi connectivity index (χ0n) is 15.2. The van der Waals surface area contributed by atoms with Gasteiger partial charge in [0.15, 0.2) is 0 Å². The highest BCUT2D eigenvalue weighted by atomic mass is 35.5. The quantitative estimate of drug-likeness (QED) is 0.457. The largest absolute Gasteiger partial charge is 0.464 e. The monoisotopic (exact) mass is 369 g/mol. The molecular formula is C19H28ClNO4. The third-order valence-corrected chi connectivity index (χ3v) is 3.87. The number of rotatable bonds is 10. The minimum absolute atomic E-state index is 0.161. The van der Waals surface area contributed by atoms with Crippen molar-refractivity contribution in [2.75, 3.05) is 19.0 Å². The molecule has 0 aliphatic rings. The lowest BCUT2D eigenvalue weighted by Crippen LogP contribution is -2.47. The van der Waals surface area contributed by atoms with Crippen molar-refractivity contribution < 1.29 is 19.1 Å². The summed E-state index contributed by atoms with van der Waals surface area (Å²) in [5.41, 5.74) is 0.893. The van der Waals surface area contributed by atoms with Gasteiger partial charge in [-0.25, -0.2) is 9.59 Å². The SMILES string of the molecule is CCOC(=O)[C@H](CC(C)C)N(CCCCl)C(=O)OCc1ccccc1. The molecule has 0 aliphatic heterocycles. The van der Waals surface area contributed by atoms with Crippen molar-refractivity contribution in [1.82, 2.24) is 4.90 Å². The molecule has 0 saturated carbocycles. The Morgan fingerprint density at radius 2 is 1.84 bits per heavy atom. The summed E-state index contributed by atoms with van der Waals surface area (Å²) in [7, 11) is 0. The molecule has 1 atom stereocenters. The molecule has 140 valence electrons. The van der Waals surface area contributed by atoms with Crippen molar-refractivity contribution in [2.45, 2.75) is 46.3 Å². The number of alkyl halides is 1. The van der Waals surface area contributed by atoms with Gasteiger partial charge in [0.1, 0.15) is 12.6 Å². The average Bonchev–Trinajstić information content (AvgIpc) is 2.60. The maximum absolute atomic E-state index is 12.6. The molecule has 5 nitrogen and oxygen atoms in total. The van der Waals surface area contributed by atoms with Crippen molar-refractivity contribution in [1.29, 1.82) is 0 Å². The second-order valence-corrected chi connectivity index (χ2v) is 6.55. The smallest absolute Gasteiger partial charge is 0.410 e. The third kappa shape index (κ3) is 7.78. The van der Waals surface area contributed by atoms with Crippen LogP contribution in [0.3, 0.4) is 0 Å². The van der Waals surface area contributed by atoms with E-state index in [1.165, 1.54) is 4.90 Å². The molecule has 0 fully saturated rings. The van der Waals surface area contributed by atoms with Crippen molar-refractivity contribution >= 4 is 23.7 Å². The Morgan fingerprint density at radius 1 is 1.16 bits per heavy atom. The summed E-state index contributed by atoms with van der Waals surface area (Å²) in [6.07, 6.45) is 0.574. The summed E-state index contributed by atoms with van der Waals surface area (Å²) in [6.45, 7) is 6.54. The minimum Gasteiger partial charge on any atom is -0.464 e. The summed E-state index contributed by atoms with van der Waals surface area (Å²) in [6, 6.07) is 8.77. The van der Waals surface area contributed by atoms with E-state index in [0.717, 1.165) is 5.56 Å². The van der Waals surface area contributed by atoms with Gasteiger partial charge in [-0.15, -0.1) is 11.6 Å². The van der Waals surface area contributed by atoms with Crippen LogP contribution in [0.2, 0.25) is 0 Å². The van der Waals surface area contributed by atoms with E-state index in [4.69, 9.17) is 21.1 Å². The van der Waals surface area contributed by atoms with E-state index in [9.17, 15) is 9.59 Å². The number of esters is 1. The van der Waals surface area contributed by atoms with Gasteiger partial charge in [-0.2, -0.15) is 0 Å². The van der Waals surface area contributed by atoms with Gasteiger partial charge in [0.25, 0.3) is 0 Å². The first-order chi connectivity index (χ1) is 12.0. The molecule has 25 heavy (non-hydrogen) atoms. The van der Waals surface area contributed by atoms with E-state index in [1.807, 2.05) is 44.2 Å². The Hall–Kier alpha value is -1.75. The van der Waals surface area contributed by atoms with Crippen molar-refractivity contribution in [3.63, 3.8) is 0 Å². The van der Waals surface area contributed by atoms with Gasteiger partial charge in [0.05, 0.1) is 6.61 Å². The van der Waals surface area contributed by atoms with E-state index in [0.29, 0.717) is 25.3 Å². The third-order valence-electron chi connectivity index (χ3n) is 3.60. The van der Waals surface area contributed by atoms with Crippen molar-refractivity contribution in [3.05, 3.63) is 35.9 Å². The molecule has 0 saturated heterocycles. The van der Waals surface area contributed by atoms with Crippen LogP contribution in [0.25, 0.3) is 0 Å². The van der Waals surface area contributed by atoms with Gasteiger partial charge in [0, 0.05) is 12.4 Å². The molecule has 0 N–H and O–H groups in total. The van der Waals surface area contributed by atoms with Crippen LogP contribution in [-0.2, 0) is 20.9 Å². The standard InChI is InChI=1S/C19H28ClNO4/c1-4-24-18(22)17(13-15(2)3)21(12-8-11-20)19(23)25-14-16-9-6-5-7-10-16/h5-7,9-10,15,17H,4,8,11-14H2,1-3H3/t17-/m0/s1. The molecule has 0 spiro atoms. The number of hydrogen-bond donors (Lipinski definition) is 0. The molecular weight excluding hydrogens is 342 g/mol. The van der Waals surface area contributed by atoms with Crippen LogP contribution in [0, 0.1) is 5.92 Å². The van der Waals surface area contributed by atoms with Crippen LogP contribution in [0.15, 0.2) is 30.3 Å². The van der Waals surface area contributed by atoms with Crippen LogP contribution in [0.1, 0.15) is 39.2 Å². The summed E-state index contributed by atoms with van der Waals surface area (Å²) >= 11 is 5.78. The first-order valence-electron chi connectivity index (χ1n) is 8.69. The Labute approximate surface area is 155 Å². The van der Waals surface area contributed by atoms with Crippen molar-refractivity contribution in [2.24, 2.45) is 5.92 Å². The predicted molar refractivity (Wildman–Crippen MR) is 98.5 cm³/mol. The molecule has 1 rings (SSSR count). The van der Waals surface area contributed by atoms with Crippen molar-refractivity contribution in [3.8, 4) is 0 Å². The lowest BCUT2D eigenvalue weighted by Gasteiger charge is -2.30. The maximum Gasteiger partial charge on any atom is 0.410 e. The molecule has 0 aromatic heterocycles. The van der Waals surface area contributed by atoms with Gasteiger partial charge in [0.2, 0.25) is 0 Å². The second-order valence-electron chi connectivity index (χ2n) is 6.17. The van der Waals surface area contributed by atoms with E-state index >= 15 is 0 Å². The van der Waals surface area contributed by atoms with Gasteiger partial charge >= 0.3 is 12.1 Å². The first-order valence-corrected chi connectivity index (χ1v) is 9.22. The lowest BCUT2D eigenvalue weighted by atomic mass is 10.0. The average molecular weight is 370 g/mol. The number of amides is 1. The fourth-order valence-electron chi connectivity index (χ4n) is 2.44. The summed E-state index contributed by atoms with van der Waals surface area (Å²) < 4.78 is 10.6. The zero-order valence-corrected chi connectivity index (χ0v) is 16.0. The first kappa shape index (κ1) is 21.3. The van der Waals surface area contributed by atoms with E-state index < -0.39 is 18.1 Å². The summed E-state index contributed by atoms with van der Waals surface area (Å²) in [4.78, 5) is 26.4. The predicted octanol–water partition coefficient (Wildman–Crippen LogP) is 4.23. The maximum atomic E-state index is 12.6.